The predicted octanol–water partition coefficient (Wildman–Crippen LogP) is 3.96. The standard InChI is InChI=1S/C21H32N2O3/c1-21(2,3)26-20(24)23-11-9-16(10-12-23)15-25-19-6-4-5-17(13-19)14-22-18-7-8-18/h4-6,13,16,18,22H,7-12,14-15H2,1-3H3. The van der Waals surface area contributed by atoms with Gasteiger partial charge in [-0.15, -0.1) is 0 Å². The summed E-state index contributed by atoms with van der Waals surface area (Å²) < 4.78 is 11.5. The molecule has 0 unspecified atom stereocenters. The van der Waals surface area contributed by atoms with Crippen LogP contribution >= 0.6 is 0 Å². The molecule has 3 rings (SSSR count). The van der Waals surface area contributed by atoms with Gasteiger partial charge in [-0.25, -0.2) is 4.79 Å². The number of rotatable bonds is 6. The number of hydrogen-bond acceptors (Lipinski definition) is 4. The fourth-order valence-electron chi connectivity index (χ4n) is 3.12. The van der Waals surface area contributed by atoms with Crippen molar-refractivity contribution in [2.45, 2.75) is 64.6 Å². The first-order valence-electron chi connectivity index (χ1n) is 9.82. The van der Waals surface area contributed by atoms with E-state index in [1.165, 1.54) is 18.4 Å². The summed E-state index contributed by atoms with van der Waals surface area (Å²) in [6, 6.07) is 9.07. The number of nitrogens with one attached hydrogen (secondary N) is 1. The Morgan fingerprint density at radius 1 is 1.19 bits per heavy atom. The Kier molecular flexibility index (Phi) is 6.07. The third-order valence-electron chi connectivity index (χ3n) is 4.82. The topological polar surface area (TPSA) is 50.8 Å². The van der Waals surface area contributed by atoms with Crippen LogP contribution in [-0.4, -0.2) is 42.3 Å². The van der Waals surface area contributed by atoms with E-state index in [4.69, 9.17) is 9.47 Å². The van der Waals surface area contributed by atoms with Crippen LogP contribution in [0.25, 0.3) is 0 Å². The van der Waals surface area contributed by atoms with Crippen LogP contribution in [0.2, 0.25) is 0 Å². The van der Waals surface area contributed by atoms with E-state index in [1.807, 2.05) is 31.7 Å². The van der Waals surface area contributed by atoms with Crippen molar-refractivity contribution in [1.82, 2.24) is 10.2 Å². The zero-order valence-electron chi connectivity index (χ0n) is 16.3. The van der Waals surface area contributed by atoms with Gasteiger partial charge in [-0.2, -0.15) is 0 Å². The third kappa shape index (κ3) is 6.20. The molecule has 0 spiro atoms. The van der Waals surface area contributed by atoms with Crippen LogP contribution in [0, 0.1) is 5.92 Å². The maximum absolute atomic E-state index is 12.1. The molecule has 1 saturated heterocycles. The smallest absolute Gasteiger partial charge is 0.410 e. The van der Waals surface area contributed by atoms with Crippen LogP contribution in [-0.2, 0) is 11.3 Å². The summed E-state index contributed by atoms with van der Waals surface area (Å²) in [5, 5.41) is 3.53. The quantitative estimate of drug-likeness (QED) is 0.834. The van der Waals surface area contributed by atoms with Crippen LogP contribution in [0.1, 0.15) is 52.0 Å². The fourth-order valence-corrected chi connectivity index (χ4v) is 3.12. The van der Waals surface area contributed by atoms with Crippen molar-refractivity contribution in [3.8, 4) is 5.75 Å². The Hall–Kier alpha value is -1.75. The van der Waals surface area contributed by atoms with Crippen molar-refractivity contribution in [3.63, 3.8) is 0 Å². The second-order valence-electron chi connectivity index (χ2n) is 8.52. The van der Waals surface area contributed by atoms with Crippen molar-refractivity contribution in [2.24, 2.45) is 5.92 Å². The van der Waals surface area contributed by atoms with Crippen LogP contribution in [0.4, 0.5) is 4.79 Å². The van der Waals surface area contributed by atoms with E-state index in [0.717, 1.165) is 44.3 Å². The highest BCUT2D eigenvalue weighted by atomic mass is 16.6. The van der Waals surface area contributed by atoms with E-state index in [1.54, 1.807) is 0 Å². The molecular weight excluding hydrogens is 328 g/mol. The van der Waals surface area contributed by atoms with Gasteiger partial charge in [0, 0.05) is 25.7 Å². The lowest BCUT2D eigenvalue weighted by Crippen LogP contribution is -2.42. The summed E-state index contributed by atoms with van der Waals surface area (Å²) in [6.45, 7) is 8.82. The molecule has 5 heteroatoms. The highest BCUT2D eigenvalue weighted by Crippen LogP contribution is 2.23. The second kappa shape index (κ2) is 8.30. The fraction of sp³-hybridized carbons (Fsp3) is 0.667. The number of nitrogens with zero attached hydrogens (tertiary/aromatic N) is 1. The van der Waals surface area contributed by atoms with Gasteiger partial charge in [-0.05, 0) is 70.1 Å². The molecule has 1 N–H and O–H groups in total. The molecule has 2 fully saturated rings. The lowest BCUT2D eigenvalue weighted by molar-refractivity contribution is 0.0165. The molecule has 0 aromatic heterocycles. The van der Waals surface area contributed by atoms with Crippen molar-refractivity contribution in [3.05, 3.63) is 29.8 Å². The minimum atomic E-state index is -0.434. The van der Waals surface area contributed by atoms with Crippen molar-refractivity contribution in [2.75, 3.05) is 19.7 Å². The number of carbonyl (C=O) groups is 1. The van der Waals surface area contributed by atoms with E-state index < -0.39 is 5.60 Å². The highest BCUT2D eigenvalue weighted by Gasteiger charge is 2.27. The van der Waals surface area contributed by atoms with E-state index in [9.17, 15) is 4.79 Å². The van der Waals surface area contributed by atoms with Gasteiger partial charge in [0.25, 0.3) is 0 Å². The highest BCUT2D eigenvalue weighted by molar-refractivity contribution is 5.68. The molecule has 1 amide bonds. The Labute approximate surface area is 157 Å². The molecule has 1 saturated carbocycles. The summed E-state index contributed by atoms with van der Waals surface area (Å²) in [6.07, 6.45) is 4.33. The van der Waals surface area contributed by atoms with Gasteiger partial charge < -0.3 is 19.7 Å². The SMILES string of the molecule is CC(C)(C)OC(=O)N1CCC(COc2cccc(CNC3CC3)c2)CC1. The molecule has 5 nitrogen and oxygen atoms in total. The summed E-state index contributed by atoms with van der Waals surface area (Å²) in [5.74, 6) is 1.43. The molecule has 1 aromatic carbocycles. The first kappa shape index (κ1) is 19.0. The van der Waals surface area contributed by atoms with Crippen LogP contribution < -0.4 is 10.1 Å². The number of ether oxygens (including phenoxy) is 2. The summed E-state index contributed by atoms with van der Waals surface area (Å²) >= 11 is 0. The van der Waals surface area contributed by atoms with Gasteiger partial charge in [0.05, 0.1) is 6.61 Å². The molecular formula is C21H32N2O3. The van der Waals surface area contributed by atoms with Gasteiger partial charge in [0.15, 0.2) is 0 Å². The molecule has 1 heterocycles. The molecule has 144 valence electrons. The second-order valence-corrected chi connectivity index (χ2v) is 8.52. The van der Waals surface area contributed by atoms with Gasteiger partial charge >= 0.3 is 6.09 Å². The van der Waals surface area contributed by atoms with Gasteiger partial charge in [0.1, 0.15) is 11.4 Å². The van der Waals surface area contributed by atoms with Gasteiger partial charge in [-0.3, -0.25) is 0 Å². The molecule has 0 bridgehead atoms. The number of hydrogen-bond donors (Lipinski definition) is 1. The maximum Gasteiger partial charge on any atom is 0.410 e. The van der Waals surface area contributed by atoms with E-state index >= 15 is 0 Å². The van der Waals surface area contributed by atoms with E-state index in [0.29, 0.717) is 12.5 Å². The monoisotopic (exact) mass is 360 g/mol. The Bertz CT molecular complexity index is 600. The number of amides is 1. The average Bonchev–Trinajstić information content (AvgIpc) is 3.42. The average molecular weight is 360 g/mol. The molecule has 2 aliphatic rings. The van der Waals surface area contributed by atoms with Gasteiger partial charge in [-0.1, -0.05) is 12.1 Å². The zero-order chi connectivity index (χ0) is 18.6. The van der Waals surface area contributed by atoms with E-state index in [-0.39, 0.29) is 6.09 Å². The first-order chi connectivity index (χ1) is 12.4. The van der Waals surface area contributed by atoms with Crippen molar-refractivity contribution in [1.29, 1.82) is 0 Å². The largest absolute Gasteiger partial charge is 0.493 e. The molecule has 1 aromatic rings. The Balaban J connectivity index is 1.39. The lowest BCUT2D eigenvalue weighted by Gasteiger charge is -2.33. The number of likely N-dealkylation sites (tertiary alicyclic amines) is 1. The molecule has 0 radical (unpaired) electrons. The Morgan fingerprint density at radius 3 is 2.58 bits per heavy atom. The molecule has 26 heavy (non-hydrogen) atoms. The third-order valence-corrected chi connectivity index (χ3v) is 4.82. The minimum Gasteiger partial charge on any atom is -0.493 e. The summed E-state index contributed by atoms with van der Waals surface area (Å²) in [7, 11) is 0. The van der Waals surface area contributed by atoms with Crippen LogP contribution in [0.15, 0.2) is 24.3 Å². The molecule has 1 aliphatic carbocycles. The van der Waals surface area contributed by atoms with E-state index in [2.05, 4.69) is 23.5 Å². The first-order valence-corrected chi connectivity index (χ1v) is 9.82. The lowest BCUT2D eigenvalue weighted by atomic mass is 9.98. The molecule has 0 atom stereocenters. The van der Waals surface area contributed by atoms with Crippen LogP contribution in [0.5, 0.6) is 5.75 Å². The van der Waals surface area contributed by atoms with Crippen LogP contribution in [0.3, 0.4) is 0 Å². The van der Waals surface area contributed by atoms with Gasteiger partial charge in [0.2, 0.25) is 0 Å². The number of piperidine rings is 1. The minimum absolute atomic E-state index is 0.201. The maximum atomic E-state index is 12.1. The summed E-state index contributed by atoms with van der Waals surface area (Å²) in [5.41, 5.74) is 0.838. The normalized spacial score (nSPS) is 18.7. The number of benzene rings is 1. The number of carbonyl (C=O) groups excluding carboxylic acids is 1. The van der Waals surface area contributed by atoms with Crippen molar-refractivity contribution >= 4 is 6.09 Å². The zero-order valence-corrected chi connectivity index (χ0v) is 16.3. The Morgan fingerprint density at radius 2 is 1.92 bits per heavy atom. The van der Waals surface area contributed by atoms with Crippen molar-refractivity contribution < 1.29 is 14.3 Å². The summed E-state index contributed by atoms with van der Waals surface area (Å²) in [4.78, 5) is 13.9. The molecule has 1 aliphatic heterocycles. The predicted molar refractivity (Wildman–Crippen MR) is 102 cm³/mol.